The lowest BCUT2D eigenvalue weighted by Crippen LogP contribution is -2.29. The van der Waals surface area contributed by atoms with Gasteiger partial charge in [0.2, 0.25) is 0 Å². The first-order chi connectivity index (χ1) is 9.45. The van der Waals surface area contributed by atoms with Gasteiger partial charge in [0.1, 0.15) is 12.4 Å². The SMILES string of the molecule is Cc1cc2nc(C3CC(O)C3)n(CC(=O)O)c2cc1C. The van der Waals surface area contributed by atoms with E-state index in [2.05, 4.69) is 4.98 Å². The average Bonchev–Trinajstić information content (AvgIpc) is 2.64. The molecule has 1 heterocycles. The molecule has 0 aliphatic heterocycles. The molecule has 1 saturated carbocycles. The van der Waals surface area contributed by atoms with Crippen LogP contribution in [0.3, 0.4) is 0 Å². The van der Waals surface area contributed by atoms with Gasteiger partial charge in [0, 0.05) is 5.92 Å². The highest BCUT2D eigenvalue weighted by Gasteiger charge is 2.33. The number of aryl methyl sites for hydroxylation is 2. The van der Waals surface area contributed by atoms with Crippen molar-refractivity contribution in [2.45, 2.75) is 45.3 Å². The van der Waals surface area contributed by atoms with Gasteiger partial charge in [0.15, 0.2) is 0 Å². The number of aromatic nitrogens is 2. The standard InChI is InChI=1S/C15H18N2O3/c1-8-3-12-13(4-9(8)2)17(7-14(19)20)15(16-12)10-5-11(18)6-10/h3-4,10-11,18H,5-7H2,1-2H3,(H,19,20). The van der Waals surface area contributed by atoms with Crippen LogP contribution in [0.1, 0.15) is 35.7 Å². The average molecular weight is 274 g/mol. The Morgan fingerprint density at radius 1 is 1.35 bits per heavy atom. The first kappa shape index (κ1) is 13.1. The molecule has 0 bridgehead atoms. The van der Waals surface area contributed by atoms with Crippen molar-refractivity contribution < 1.29 is 15.0 Å². The first-order valence-corrected chi connectivity index (χ1v) is 6.83. The molecule has 1 aromatic heterocycles. The Labute approximate surface area is 116 Å². The Bertz CT molecular complexity index is 684. The van der Waals surface area contributed by atoms with Crippen molar-refractivity contribution in [3.63, 3.8) is 0 Å². The van der Waals surface area contributed by atoms with Gasteiger partial charge in [-0.25, -0.2) is 4.98 Å². The molecular formula is C15H18N2O3. The zero-order valence-corrected chi connectivity index (χ0v) is 11.6. The molecule has 5 heteroatoms. The Morgan fingerprint density at radius 2 is 2.00 bits per heavy atom. The van der Waals surface area contributed by atoms with Gasteiger partial charge in [-0.1, -0.05) is 0 Å². The normalized spacial score (nSPS) is 21.9. The molecule has 0 amide bonds. The van der Waals surface area contributed by atoms with Crippen molar-refractivity contribution in [2.24, 2.45) is 0 Å². The summed E-state index contributed by atoms with van der Waals surface area (Å²) in [5.41, 5.74) is 3.99. The highest BCUT2D eigenvalue weighted by Crippen LogP contribution is 2.37. The molecule has 0 atom stereocenters. The van der Waals surface area contributed by atoms with E-state index in [0.717, 1.165) is 28.0 Å². The van der Waals surface area contributed by atoms with Crippen LogP contribution >= 0.6 is 0 Å². The molecule has 2 N–H and O–H groups in total. The van der Waals surface area contributed by atoms with E-state index in [1.165, 1.54) is 0 Å². The van der Waals surface area contributed by atoms with E-state index < -0.39 is 5.97 Å². The third-order valence-corrected chi connectivity index (χ3v) is 4.16. The second-order valence-corrected chi connectivity index (χ2v) is 5.70. The van der Waals surface area contributed by atoms with Crippen molar-refractivity contribution in [3.8, 4) is 0 Å². The van der Waals surface area contributed by atoms with Crippen molar-refractivity contribution >= 4 is 17.0 Å². The lowest BCUT2D eigenvalue weighted by molar-refractivity contribution is -0.137. The first-order valence-electron chi connectivity index (χ1n) is 6.83. The number of fused-ring (bicyclic) bond motifs is 1. The highest BCUT2D eigenvalue weighted by molar-refractivity contribution is 5.80. The fourth-order valence-electron chi connectivity index (χ4n) is 2.81. The molecule has 1 fully saturated rings. The number of hydrogen-bond acceptors (Lipinski definition) is 3. The van der Waals surface area contributed by atoms with Gasteiger partial charge < -0.3 is 14.8 Å². The van der Waals surface area contributed by atoms with Gasteiger partial charge in [0.05, 0.1) is 17.1 Å². The maximum Gasteiger partial charge on any atom is 0.323 e. The van der Waals surface area contributed by atoms with Gasteiger partial charge in [-0.2, -0.15) is 0 Å². The van der Waals surface area contributed by atoms with E-state index in [0.29, 0.717) is 12.8 Å². The number of hydrogen-bond donors (Lipinski definition) is 2. The number of aliphatic hydroxyl groups excluding tert-OH is 1. The summed E-state index contributed by atoms with van der Waals surface area (Å²) in [5.74, 6) is 0.0821. The number of carboxylic acids is 1. The fraction of sp³-hybridized carbons (Fsp3) is 0.467. The summed E-state index contributed by atoms with van der Waals surface area (Å²) in [4.78, 5) is 15.7. The molecule has 5 nitrogen and oxygen atoms in total. The lowest BCUT2D eigenvalue weighted by Gasteiger charge is -2.31. The van der Waals surface area contributed by atoms with Crippen LogP contribution in [-0.4, -0.2) is 31.8 Å². The molecular weight excluding hydrogens is 256 g/mol. The number of benzene rings is 1. The van der Waals surface area contributed by atoms with Crippen LogP contribution in [-0.2, 0) is 11.3 Å². The summed E-state index contributed by atoms with van der Waals surface area (Å²) in [6.07, 6.45) is 1.06. The third-order valence-electron chi connectivity index (χ3n) is 4.16. The van der Waals surface area contributed by atoms with Gasteiger partial charge in [-0.05, 0) is 49.9 Å². The molecule has 1 aliphatic carbocycles. The van der Waals surface area contributed by atoms with Crippen LogP contribution in [0, 0.1) is 13.8 Å². The summed E-state index contributed by atoms with van der Waals surface area (Å²) in [5, 5.41) is 18.6. The minimum atomic E-state index is -0.872. The molecule has 1 aromatic carbocycles. The topological polar surface area (TPSA) is 75.4 Å². The number of aliphatic carboxylic acids is 1. The third kappa shape index (κ3) is 2.08. The molecule has 2 aromatic rings. The van der Waals surface area contributed by atoms with Crippen molar-refractivity contribution in [2.75, 3.05) is 0 Å². The van der Waals surface area contributed by atoms with Crippen molar-refractivity contribution in [1.29, 1.82) is 0 Å². The highest BCUT2D eigenvalue weighted by atomic mass is 16.4. The number of aliphatic hydroxyl groups is 1. The molecule has 3 rings (SSSR count). The van der Waals surface area contributed by atoms with Crippen LogP contribution in [0.5, 0.6) is 0 Å². The fourth-order valence-corrected chi connectivity index (χ4v) is 2.81. The summed E-state index contributed by atoms with van der Waals surface area (Å²) in [6, 6.07) is 4.00. The predicted octanol–water partition coefficient (Wildman–Crippen LogP) is 1.98. The minimum absolute atomic E-state index is 0.0824. The van der Waals surface area contributed by atoms with Gasteiger partial charge in [-0.15, -0.1) is 0 Å². The molecule has 0 saturated heterocycles. The van der Waals surface area contributed by atoms with E-state index in [4.69, 9.17) is 5.11 Å². The monoisotopic (exact) mass is 274 g/mol. The Kier molecular flexibility index (Phi) is 3.01. The second-order valence-electron chi connectivity index (χ2n) is 5.70. The lowest BCUT2D eigenvalue weighted by atomic mass is 9.82. The summed E-state index contributed by atoms with van der Waals surface area (Å²) in [6.45, 7) is 3.96. The quantitative estimate of drug-likeness (QED) is 0.897. The van der Waals surface area contributed by atoms with Gasteiger partial charge >= 0.3 is 5.97 Å². The molecule has 0 spiro atoms. The van der Waals surface area contributed by atoms with E-state index >= 15 is 0 Å². The smallest absolute Gasteiger partial charge is 0.323 e. The molecule has 20 heavy (non-hydrogen) atoms. The van der Waals surface area contributed by atoms with Crippen molar-refractivity contribution in [1.82, 2.24) is 9.55 Å². The summed E-state index contributed by atoms with van der Waals surface area (Å²) < 4.78 is 1.78. The van der Waals surface area contributed by atoms with Gasteiger partial charge in [0.25, 0.3) is 0 Å². The zero-order chi connectivity index (χ0) is 14.4. The number of nitrogens with zero attached hydrogens (tertiary/aromatic N) is 2. The van der Waals surface area contributed by atoms with Crippen LogP contribution in [0.25, 0.3) is 11.0 Å². The van der Waals surface area contributed by atoms with Crippen LogP contribution in [0.4, 0.5) is 0 Å². The molecule has 0 unspecified atom stereocenters. The summed E-state index contributed by atoms with van der Waals surface area (Å²) in [7, 11) is 0. The largest absolute Gasteiger partial charge is 0.480 e. The van der Waals surface area contributed by atoms with E-state index in [-0.39, 0.29) is 18.6 Å². The number of carboxylic acid groups (broad SMARTS) is 1. The van der Waals surface area contributed by atoms with Crippen molar-refractivity contribution in [3.05, 3.63) is 29.1 Å². The van der Waals surface area contributed by atoms with Crippen LogP contribution < -0.4 is 0 Å². The predicted molar refractivity (Wildman–Crippen MR) is 74.8 cm³/mol. The second kappa shape index (κ2) is 4.59. The maximum absolute atomic E-state index is 11.1. The number of carbonyl (C=O) groups is 1. The Hall–Kier alpha value is -1.88. The van der Waals surface area contributed by atoms with E-state index in [1.807, 2.05) is 26.0 Å². The van der Waals surface area contributed by atoms with Gasteiger partial charge in [-0.3, -0.25) is 4.79 Å². The molecule has 0 radical (unpaired) electrons. The minimum Gasteiger partial charge on any atom is -0.480 e. The Morgan fingerprint density at radius 3 is 2.60 bits per heavy atom. The maximum atomic E-state index is 11.1. The number of imidazole rings is 1. The zero-order valence-electron chi connectivity index (χ0n) is 11.6. The van der Waals surface area contributed by atoms with E-state index in [9.17, 15) is 9.90 Å². The summed E-state index contributed by atoms with van der Waals surface area (Å²) >= 11 is 0. The molecule has 1 aliphatic rings. The van der Waals surface area contributed by atoms with Crippen LogP contribution in [0.15, 0.2) is 12.1 Å². The Balaban J connectivity index is 2.14. The van der Waals surface area contributed by atoms with Crippen LogP contribution in [0.2, 0.25) is 0 Å². The van der Waals surface area contributed by atoms with E-state index in [1.54, 1.807) is 4.57 Å². The number of rotatable bonds is 3. The molecule has 106 valence electrons.